The van der Waals surface area contributed by atoms with Crippen LogP contribution >= 0.6 is 0 Å². The van der Waals surface area contributed by atoms with Crippen LogP contribution in [0.4, 0.5) is 0 Å². The maximum Gasteiger partial charge on any atom is 0.309 e. The van der Waals surface area contributed by atoms with Gasteiger partial charge in [0.1, 0.15) is 0 Å². The monoisotopic (exact) mass is 170 g/mol. The average molecular weight is 170 g/mol. The van der Waals surface area contributed by atoms with E-state index in [0.717, 1.165) is 12.8 Å². The quantitative estimate of drug-likeness (QED) is 0.656. The fourth-order valence-corrected chi connectivity index (χ4v) is 2.24. The van der Waals surface area contributed by atoms with Crippen LogP contribution < -0.4 is 0 Å². The molecule has 2 heteroatoms. The standard InChI is InChI=1S/C10H18O2/c1-7-5-4-6-8(2)10(7,3)9(11)12/h7-8H,4-6H2,1-3H3,(H,11,12)/t7-,8?,10+/m0/s1. The van der Waals surface area contributed by atoms with Crippen molar-refractivity contribution in [1.29, 1.82) is 0 Å². The molecule has 70 valence electrons. The summed E-state index contributed by atoms with van der Waals surface area (Å²) < 4.78 is 0. The second-order valence-corrected chi connectivity index (χ2v) is 4.32. The molecule has 0 radical (unpaired) electrons. The minimum absolute atomic E-state index is 0.318. The molecule has 0 aromatic heterocycles. The van der Waals surface area contributed by atoms with Crippen molar-refractivity contribution in [3.8, 4) is 0 Å². The Balaban J connectivity index is 2.87. The molecule has 0 bridgehead atoms. The van der Waals surface area contributed by atoms with Crippen LogP contribution in [-0.2, 0) is 4.79 Å². The molecule has 1 aliphatic carbocycles. The lowest BCUT2D eigenvalue weighted by Crippen LogP contribution is -2.42. The fourth-order valence-electron chi connectivity index (χ4n) is 2.24. The molecule has 1 unspecified atom stereocenters. The zero-order valence-corrected chi connectivity index (χ0v) is 8.13. The first-order valence-corrected chi connectivity index (χ1v) is 4.73. The zero-order chi connectivity index (χ0) is 9.35. The summed E-state index contributed by atoms with van der Waals surface area (Å²) in [5.74, 6) is 0.0136. The average Bonchev–Trinajstić information content (AvgIpc) is 1.99. The summed E-state index contributed by atoms with van der Waals surface area (Å²) in [5, 5.41) is 9.14. The highest BCUT2D eigenvalue weighted by molar-refractivity contribution is 5.75. The van der Waals surface area contributed by atoms with E-state index in [1.807, 2.05) is 6.92 Å². The molecule has 0 aromatic rings. The van der Waals surface area contributed by atoms with Gasteiger partial charge in [-0.3, -0.25) is 4.79 Å². The van der Waals surface area contributed by atoms with E-state index in [4.69, 9.17) is 5.11 Å². The van der Waals surface area contributed by atoms with Crippen molar-refractivity contribution in [2.45, 2.75) is 40.0 Å². The summed E-state index contributed by atoms with van der Waals surface area (Å²) in [6, 6.07) is 0. The normalized spacial score (nSPS) is 42.6. The highest BCUT2D eigenvalue weighted by atomic mass is 16.4. The molecule has 3 atom stereocenters. The van der Waals surface area contributed by atoms with Crippen LogP contribution in [0.5, 0.6) is 0 Å². The Bertz CT molecular complexity index is 176. The van der Waals surface area contributed by atoms with Gasteiger partial charge in [-0.1, -0.05) is 20.3 Å². The lowest BCUT2D eigenvalue weighted by atomic mass is 9.62. The van der Waals surface area contributed by atoms with Gasteiger partial charge in [0.05, 0.1) is 5.41 Å². The molecule has 2 nitrogen and oxygen atoms in total. The Morgan fingerprint density at radius 2 is 1.75 bits per heavy atom. The van der Waals surface area contributed by atoms with Crippen LogP contribution in [0.15, 0.2) is 0 Å². The Morgan fingerprint density at radius 1 is 1.33 bits per heavy atom. The molecule has 0 aromatic carbocycles. The van der Waals surface area contributed by atoms with Crippen LogP contribution in [0, 0.1) is 17.3 Å². The Kier molecular flexibility index (Phi) is 2.45. The molecule has 0 heterocycles. The van der Waals surface area contributed by atoms with Crippen molar-refractivity contribution in [3.63, 3.8) is 0 Å². The summed E-state index contributed by atoms with van der Waals surface area (Å²) in [4.78, 5) is 11.1. The van der Waals surface area contributed by atoms with Crippen molar-refractivity contribution < 1.29 is 9.90 Å². The van der Waals surface area contributed by atoms with Gasteiger partial charge in [0.25, 0.3) is 0 Å². The van der Waals surface area contributed by atoms with Crippen molar-refractivity contribution >= 4 is 5.97 Å². The number of hydrogen-bond acceptors (Lipinski definition) is 1. The van der Waals surface area contributed by atoms with Crippen LogP contribution in [0.3, 0.4) is 0 Å². The third-order valence-electron chi connectivity index (χ3n) is 3.78. The maximum absolute atomic E-state index is 11.1. The summed E-state index contributed by atoms with van der Waals surface area (Å²) in [6.45, 7) is 6.01. The third-order valence-corrected chi connectivity index (χ3v) is 3.78. The summed E-state index contributed by atoms with van der Waals surface area (Å²) >= 11 is 0. The minimum atomic E-state index is -0.623. The molecule has 0 spiro atoms. The molecule has 1 N–H and O–H groups in total. The van der Waals surface area contributed by atoms with Crippen molar-refractivity contribution in [2.75, 3.05) is 0 Å². The molecule has 1 rings (SSSR count). The van der Waals surface area contributed by atoms with E-state index in [1.165, 1.54) is 6.42 Å². The summed E-state index contributed by atoms with van der Waals surface area (Å²) in [6.07, 6.45) is 3.31. The molecule has 12 heavy (non-hydrogen) atoms. The van der Waals surface area contributed by atoms with Crippen LogP contribution in [-0.4, -0.2) is 11.1 Å². The maximum atomic E-state index is 11.1. The molecule has 1 aliphatic rings. The molecule has 0 amide bonds. The molecule has 0 saturated heterocycles. The predicted octanol–water partition coefficient (Wildman–Crippen LogP) is 2.53. The van der Waals surface area contributed by atoms with Gasteiger partial charge in [0.15, 0.2) is 0 Å². The predicted molar refractivity (Wildman–Crippen MR) is 47.9 cm³/mol. The van der Waals surface area contributed by atoms with Crippen LogP contribution in [0.1, 0.15) is 40.0 Å². The van der Waals surface area contributed by atoms with Gasteiger partial charge in [-0.25, -0.2) is 0 Å². The van der Waals surface area contributed by atoms with E-state index >= 15 is 0 Å². The minimum Gasteiger partial charge on any atom is -0.481 e. The summed E-state index contributed by atoms with van der Waals surface area (Å²) in [5.41, 5.74) is -0.488. The first kappa shape index (κ1) is 9.56. The van der Waals surface area contributed by atoms with Crippen molar-refractivity contribution in [2.24, 2.45) is 17.3 Å². The molecule has 1 saturated carbocycles. The molecule has 0 aliphatic heterocycles. The second kappa shape index (κ2) is 3.08. The highest BCUT2D eigenvalue weighted by Gasteiger charge is 2.45. The van der Waals surface area contributed by atoms with Gasteiger partial charge in [0.2, 0.25) is 0 Å². The van der Waals surface area contributed by atoms with Gasteiger partial charge < -0.3 is 5.11 Å². The van der Waals surface area contributed by atoms with E-state index in [9.17, 15) is 4.79 Å². The van der Waals surface area contributed by atoms with E-state index in [2.05, 4.69) is 13.8 Å². The number of carboxylic acids is 1. The number of aliphatic carboxylic acids is 1. The molecule has 1 fully saturated rings. The lowest BCUT2D eigenvalue weighted by Gasteiger charge is -2.41. The first-order chi connectivity index (χ1) is 5.49. The topological polar surface area (TPSA) is 37.3 Å². The second-order valence-electron chi connectivity index (χ2n) is 4.32. The van der Waals surface area contributed by atoms with Crippen molar-refractivity contribution in [1.82, 2.24) is 0 Å². The van der Waals surface area contributed by atoms with Gasteiger partial charge in [0, 0.05) is 0 Å². The Morgan fingerprint density at radius 3 is 2.00 bits per heavy atom. The SMILES string of the molecule is CC1CCC[C@H](C)[C@@]1(C)C(=O)O. The van der Waals surface area contributed by atoms with E-state index in [0.29, 0.717) is 11.8 Å². The van der Waals surface area contributed by atoms with Crippen molar-refractivity contribution in [3.05, 3.63) is 0 Å². The smallest absolute Gasteiger partial charge is 0.309 e. The van der Waals surface area contributed by atoms with Gasteiger partial charge in [-0.15, -0.1) is 0 Å². The fraction of sp³-hybridized carbons (Fsp3) is 0.900. The van der Waals surface area contributed by atoms with Gasteiger partial charge in [-0.05, 0) is 31.6 Å². The van der Waals surface area contributed by atoms with E-state index in [1.54, 1.807) is 0 Å². The summed E-state index contributed by atoms with van der Waals surface area (Å²) in [7, 11) is 0. The molecular formula is C10H18O2. The largest absolute Gasteiger partial charge is 0.481 e. The Hall–Kier alpha value is -0.530. The third kappa shape index (κ3) is 1.23. The highest BCUT2D eigenvalue weighted by Crippen LogP contribution is 2.44. The lowest BCUT2D eigenvalue weighted by molar-refractivity contribution is -0.157. The number of carboxylic acid groups (broad SMARTS) is 1. The van der Waals surface area contributed by atoms with E-state index in [-0.39, 0.29) is 0 Å². The van der Waals surface area contributed by atoms with Crippen LogP contribution in [0.25, 0.3) is 0 Å². The first-order valence-electron chi connectivity index (χ1n) is 4.73. The number of carbonyl (C=O) groups is 1. The van der Waals surface area contributed by atoms with Crippen LogP contribution in [0.2, 0.25) is 0 Å². The zero-order valence-electron chi connectivity index (χ0n) is 8.13. The number of rotatable bonds is 1. The Labute approximate surface area is 74.0 Å². The van der Waals surface area contributed by atoms with Gasteiger partial charge in [-0.2, -0.15) is 0 Å². The van der Waals surface area contributed by atoms with E-state index < -0.39 is 11.4 Å². The molecular weight excluding hydrogens is 152 g/mol. The number of hydrogen-bond donors (Lipinski definition) is 1. The van der Waals surface area contributed by atoms with Gasteiger partial charge >= 0.3 is 5.97 Å².